The van der Waals surface area contributed by atoms with Crippen LogP contribution in [0.1, 0.15) is 11.1 Å². The minimum Gasteiger partial charge on any atom is -0.479 e. The van der Waals surface area contributed by atoms with Crippen LogP contribution >= 0.6 is 0 Å². The minimum absolute atomic E-state index is 0.0164. The summed E-state index contributed by atoms with van der Waals surface area (Å²) in [7, 11) is 0. The molecule has 1 aliphatic heterocycles. The summed E-state index contributed by atoms with van der Waals surface area (Å²) in [6.07, 6.45) is 19.1. The van der Waals surface area contributed by atoms with Crippen LogP contribution in [-0.2, 0) is 14.3 Å². The molecule has 2 N–H and O–H groups in total. The molecular formula is C21H20N4O3. The molecule has 7 heteroatoms. The number of nitrogens with zero attached hydrogens (tertiary/aromatic N) is 3. The van der Waals surface area contributed by atoms with Gasteiger partial charge in [-0.3, -0.25) is 9.79 Å². The van der Waals surface area contributed by atoms with Gasteiger partial charge in [-0.25, -0.2) is 9.98 Å². The number of benzene rings is 1. The fourth-order valence-electron chi connectivity index (χ4n) is 1.94. The van der Waals surface area contributed by atoms with E-state index in [1.54, 1.807) is 12.3 Å². The van der Waals surface area contributed by atoms with Crippen molar-refractivity contribution in [3.8, 4) is 0 Å². The monoisotopic (exact) mass is 376 g/mol. The Balaban J connectivity index is 2.19. The van der Waals surface area contributed by atoms with Gasteiger partial charge >= 0.3 is 0 Å². The summed E-state index contributed by atoms with van der Waals surface area (Å²) in [5, 5.41) is 0. The molecule has 0 spiro atoms. The standard InChI is InChI=1S/C21H20N4O3/c22-21(26)20-10-14-28-17-24-15-19-9-5-4-8-18(19)7-3-1-2-6-13-27-16-23-11-12-25-20/h1-16H,17H2,(H2,22,26). The maximum absolute atomic E-state index is 11.4. The van der Waals surface area contributed by atoms with Gasteiger partial charge in [-0.1, -0.05) is 48.6 Å². The second-order valence-corrected chi connectivity index (χ2v) is 5.18. The first kappa shape index (κ1) is 20.3. The topological polar surface area (TPSA) is 98.6 Å². The maximum atomic E-state index is 11.4. The Labute approximate surface area is 163 Å². The zero-order valence-corrected chi connectivity index (χ0v) is 15.1. The van der Waals surface area contributed by atoms with Crippen molar-refractivity contribution in [3.63, 3.8) is 0 Å². The van der Waals surface area contributed by atoms with Crippen LogP contribution in [0, 0.1) is 0 Å². The Hall–Kier alpha value is -4.00. The van der Waals surface area contributed by atoms with Crippen LogP contribution in [0.25, 0.3) is 6.08 Å². The highest BCUT2D eigenvalue weighted by molar-refractivity contribution is 6.42. The van der Waals surface area contributed by atoms with Crippen LogP contribution < -0.4 is 5.73 Å². The molecular weight excluding hydrogens is 356 g/mol. The zero-order valence-electron chi connectivity index (χ0n) is 15.1. The molecule has 28 heavy (non-hydrogen) atoms. The van der Waals surface area contributed by atoms with Gasteiger partial charge in [0.25, 0.3) is 5.91 Å². The van der Waals surface area contributed by atoms with E-state index >= 15 is 0 Å². The minimum atomic E-state index is -0.693. The molecule has 1 aliphatic rings. The van der Waals surface area contributed by atoms with Gasteiger partial charge in [0.05, 0.1) is 12.5 Å². The molecule has 2 rings (SSSR count). The lowest BCUT2D eigenvalue weighted by Crippen LogP contribution is -2.21. The Morgan fingerprint density at radius 2 is 1.79 bits per heavy atom. The van der Waals surface area contributed by atoms with E-state index in [4.69, 9.17) is 15.2 Å². The van der Waals surface area contributed by atoms with Crippen molar-refractivity contribution in [2.75, 3.05) is 6.73 Å². The number of ether oxygens (including phenoxy) is 2. The van der Waals surface area contributed by atoms with Gasteiger partial charge in [0.15, 0.2) is 13.1 Å². The second-order valence-electron chi connectivity index (χ2n) is 5.18. The van der Waals surface area contributed by atoms with Crippen LogP contribution in [-0.4, -0.2) is 31.0 Å². The molecule has 0 unspecified atom stereocenters. The Kier molecular flexibility index (Phi) is 8.97. The van der Waals surface area contributed by atoms with Crippen LogP contribution in [0.2, 0.25) is 0 Å². The first-order chi connectivity index (χ1) is 13.8. The van der Waals surface area contributed by atoms with Crippen LogP contribution in [0.15, 0.2) is 94.5 Å². The fourth-order valence-corrected chi connectivity index (χ4v) is 1.94. The summed E-state index contributed by atoms with van der Waals surface area (Å²) in [4.78, 5) is 23.3. The Bertz CT molecular complexity index is 891. The van der Waals surface area contributed by atoms with E-state index in [9.17, 15) is 4.79 Å². The van der Waals surface area contributed by atoms with Crippen molar-refractivity contribution >= 4 is 30.3 Å². The van der Waals surface area contributed by atoms with E-state index in [1.165, 1.54) is 37.4 Å². The smallest absolute Gasteiger partial charge is 0.267 e. The molecule has 0 radical (unpaired) electrons. The number of hydrogen-bond donors (Lipinski definition) is 1. The fraction of sp³-hybridized carbons (Fsp3) is 0.0476. The predicted molar refractivity (Wildman–Crippen MR) is 112 cm³/mol. The quantitative estimate of drug-likeness (QED) is 0.815. The van der Waals surface area contributed by atoms with Crippen molar-refractivity contribution in [1.29, 1.82) is 0 Å². The van der Waals surface area contributed by atoms with E-state index in [-0.39, 0.29) is 12.4 Å². The number of fused-ring (bicyclic) bond motifs is 1. The number of aliphatic imine (C=N–C) groups is 3. The zero-order chi connectivity index (χ0) is 19.9. The lowest BCUT2D eigenvalue weighted by molar-refractivity contribution is -0.111. The van der Waals surface area contributed by atoms with E-state index in [2.05, 4.69) is 15.0 Å². The molecule has 0 saturated heterocycles. The third-order valence-corrected chi connectivity index (χ3v) is 3.20. The molecule has 0 bridgehead atoms. The summed E-state index contributed by atoms with van der Waals surface area (Å²) in [5.74, 6) is -0.693. The van der Waals surface area contributed by atoms with Gasteiger partial charge in [-0.2, -0.15) is 0 Å². The van der Waals surface area contributed by atoms with Crippen molar-refractivity contribution in [2.24, 2.45) is 20.7 Å². The highest BCUT2D eigenvalue weighted by Crippen LogP contribution is 2.08. The average Bonchev–Trinajstić information content (AvgIpc) is 2.69. The first-order valence-corrected chi connectivity index (χ1v) is 8.34. The second kappa shape index (κ2) is 12.4. The van der Waals surface area contributed by atoms with Gasteiger partial charge in [-0.15, -0.1) is 0 Å². The number of primary amides is 1. The van der Waals surface area contributed by atoms with E-state index < -0.39 is 5.91 Å². The van der Waals surface area contributed by atoms with E-state index in [0.29, 0.717) is 0 Å². The Morgan fingerprint density at radius 1 is 0.964 bits per heavy atom. The molecule has 0 atom stereocenters. The molecule has 1 heterocycles. The highest BCUT2D eigenvalue weighted by atomic mass is 16.5. The Morgan fingerprint density at radius 3 is 2.64 bits per heavy atom. The van der Waals surface area contributed by atoms with E-state index in [0.717, 1.165) is 11.1 Å². The van der Waals surface area contributed by atoms with Gasteiger partial charge in [0.1, 0.15) is 5.71 Å². The lowest BCUT2D eigenvalue weighted by atomic mass is 10.1. The molecule has 1 aromatic carbocycles. The highest BCUT2D eigenvalue weighted by Gasteiger charge is 2.00. The number of carbonyl (C=O) groups is 1. The van der Waals surface area contributed by atoms with Crippen molar-refractivity contribution in [3.05, 3.63) is 90.7 Å². The number of rotatable bonds is 1. The van der Waals surface area contributed by atoms with Gasteiger partial charge in [0, 0.05) is 24.7 Å². The molecule has 1 aromatic rings. The first-order valence-electron chi connectivity index (χ1n) is 8.34. The molecule has 142 valence electrons. The summed E-state index contributed by atoms with van der Waals surface area (Å²) >= 11 is 0. The van der Waals surface area contributed by atoms with E-state index in [1.807, 2.05) is 48.6 Å². The third-order valence-electron chi connectivity index (χ3n) is 3.20. The van der Waals surface area contributed by atoms with Gasteiger partial charge < -0.3 is 15.2 Å². The number of hydrogen-bond acceptors (Lipinski definition) is 6. The number of amides is 1. The van der Waals surface area contributed by atoms with Crippen LogP contribution in [0.5, 0.6) is 0 Å². The summed E-state index contributed by atoms with van der Waals surface area (Å²) in [6.45, 7) is 0.0861. The normalized spacial score (nSPS) is 15.1. The summed E-state index contributed by atoms with van der Waals surface area (Å²) in [5.41, 5.74) is 7.24. The lowest BCUT2D eigenvalue weighted by Gasteiger charge is -2.00. The van der Waals surface area contributed by atoms with Crippen molar-refractivity contribution in [2.45, 2.75) is 0 Å². The summed E-state index contributed by atoms with van der Waals surface area (Å²) in [6, 6.07) is 7.82. The number of nitrogens with two attached hydrogens (primary N) is 1. The number of allylic oxidation sites excluding steroid dienone is 4. The van der Waals surface area contributed by atoms with Gasteiger partial charge in [0.2, 0.25) is 0 Å². The molecule has 0 saturated carbocycles. The third kappa shape index (κ3) is 7.92. The van der Waals surface area contributed by atoms with Crippen LogP contribution in [0.4, 0.5) is 0 Å². The number of carbonyl (C=O) groups excluding carboxylic acids is 1. The molecule has 0 fully saturated rings. The van der Waals surface area contributed by atoms with Crippen molar-refractivity contribution in [1.82, 2.24) is 0 Å². The average molecular weight is 376 g/mol. The maximum Gasteiger partial charge on any atom is 0.267 e. The molecule has 0 aliphatic carbocycles. The molecule has 0 aromatic heterocycles. The SMILES string of the molecule is NC(=O)C1=NC=CN=COC=CC=CC=Cc2ccccc2C=NCOC=C1. The molecule has 1 amide bonds. The van der Waals surface area contributed by atoms with Crippen LogP contribution in [0.3, 0.4) is 0 Å². The van der Waals surface area contributed by atoms with Crippen molar-refractivity contribution < 1.29 is 14.3 Å². The summed E-state index contributed by atoms with van der Waals surface area (Å²) < 4.78 is 10.3. The van der Waals surface area contributed by atoms with Gasteiger partial charge in [-0.05, 0) is 17.2 Å². The largest absolute Gasteiger partial charge is 0.479 e. The predicted octanol–water partition coefficient (Wildman–Crippen LogP) is 3.13. The molecule has 7 nitrogen and oxygen atoms in total.